The lowest BCUT2D eigenvalue weighted by Crippen LogP contribution is -2.29. The molecule has 2 rings (SSSR count). The molecule has 3 N–H and O–H groups in total. The number of aldehydes is 1. The minimum atomic E-state index is -0.571. The minimum absolute atomic E-state index is 0.326. The molecule has 2 atom stereocenters. The standard InChI is InChI=1S/C10H10N2O2/c11-10-7-4-2-1-3-6(7)9(12-10)8(14)5-13/h1-5,9-10,12H,11H2. The number of rotatable bonds is 2. The highest BCUT2D eigenvalue weighted by molar-refractivity contribution is 6.27. The summed E-state index contributed by atoms with van der Waals surface area (Å²) in [5.41, 5.74) is 7.43. The first-order valence-corrected chi connectivity index (χ1v) is 4.33. The summed E-state index contributed by atoms with van der Waals surface area (Å²) in [6.45, 7) is 0. The van der Waals surface area contributed by atoms with Crippen molar-refractivity contribution in [3.8, 4) is 0 Å². The van der Waals surface area contributed by atoms with Crippen LogP contribution in [0, 0.1) is 0 Å². The average molecular weight is 190 g/mol. The van der Waals surface area contributed by atoms with E-state index in [4.69, 9.17) is 5.73 Å². The maximum atomic E-state index is 11.2. The van der Waals surface area contributed by atoms with Crippen molar-refractivity contribution in [1.29, 1.82) is 0 Å². The van der Waals surface area contributed by atoms with Crippen LogP contribution in [0.5, 0.6) is 0 Å². The van der Waals surface area contributed by atoms with Crippen LogP contribution >= 0.6 is 0 Å². The van der Waals surface area contributed by atoms with Crippen molar-refractivity contribution < 1.29 is 9.59 Å². The van der Waals surface area contributed by atoms with Crippen molar-refractivity contribution in [2.24, 2.45) is 5.73 Å². The van der Waals surface area contributed by atoms with Crippen LogP contribution in [0.2, 0.25) is 0 Å². The summed E-state index contributed by atoms with van der Waals surface area (Å²) >= 11 is 0. The molecule has 0 aliphatic carbocycles. The molecule has 1 aromatic carbocycles. The summed E-state index contributed by atoms with van der Waals surface area (Å²) in [6.07, 6.45) is -0.0351. The Morgan fingerprint density at radius 1 is 1.36 bits per heavy atom. The fourth-order valence-electron chi connectivity index (χ4n) is 1.72. The predicted octanol–water partition coefficient (Wildman–Crippen LogP) is 0.0562. The van der Waals surface area contributed by atoms with Gasteiger partial charge in [-0.2, -0.15) is 0 Å². The molecule has 0 spiro atoms. The number of benzene rings is 1. The van der Waals surface area contributed by atoms with Crippen molar-refractivity contribution in [3.05, 3.63) is 35.4 Å². The van der Waals surface area contributed by atoms with Crippen molar-refractivity contribution in [2.45, 2.75) is 12.2 Å². The third kappa shape index (κ3) is 1.25. The van der Waals surface area contributed by atoms with Gasteiger partial charge < -0.3 is 5.73 Å². The molecule has 1 heterocycles. The number of nitrogens with one attached hydrogen (secondary N) is 1. The maximum Gasteiger partial charge on any atom is 0.216 e. The number of fused-ring (bicyclic) bond motifs is 1. The van der Waals surface area contributed by atoms with E-state index in [-0.39, 0.29) is 6.17 Å². The zero-order valence-corrected chi connectivity index (χ0v) is 7.44. The lowest BCUT2D eigenvalue weighted by Gasteiger charge is -2.06. The smallest absolute Gasteiger partial charge is 0.216 e. The van der Waals surface area contributed by atoms with Gasteiger partial charge in [0, 0.05) is 0 Å². The van der Waals surface area contributed by atoms with Gasteiger partial charge in [0.2, 0.25) is 5.78 Å². The summed E-state index contributed by atoms with van der Waals surface area (Å²) in [6, 6.07) is 6.77. The van der Waals surface area contributed by atoms with Gasteiger partial charge in [0.25, 0.3) is 0 Å². The van der Waals surface area contributed by atoms with Gasteiger partial charge in [0.05, 0.1) is 6.17 Å². The molecule has 72 valence electrons. The van der Waals surface area contributed by atoms with Crippen LogP contribution < -0.4 is 11.1 Å². The third-order valence-electron chi connectivity index (χ3n) is 2.39. The molecule has 14 heavy (non-hydrogen) atoms. The second-order valence-corrected chi connectivity index (χ2v) is 3.23. The molecule has 0 radical (unpaired) electrons. The lowest BCUT2D eigenvalue weighted by atomic mass is 10.0. The summed E-state index contributed by atoms with van der Waals surface area (Å²) in [5, 5.41) is 2.87. The topological polar surface area (TPSA) is 72.2 Å². The molecule has 1 aliphatic heterocycles. The summed E-state index contributed by atoms with van der Waals surface area (Å²) in [5.74, 6) is -0.481. The molecule has 0 saturated carbocycles. The third-order valence-corrected chi connectivity index (χ3v) is 2.39. The zero-order valence-electron chi connectivity index (χ0n) is 7.44. The van der Waals surface area contributed by atoms with E-state index in [0.29, 0.717) is 6.29 Å². The van der Waals surface area contributed by atoms with Gasteiger partial charge in [-0.25, -0.2) is 0 Å². The Hall–Kier alpha value is -1.52. The molecular weight excluding hydrogens is 180 g/mol. The zero-order chi connectivity index (χ0) is 10.1. The Balaban J connectivity index is 2.43. The molecule has 0 aromatic heterocycles. The number of hydrogen-bond acceptors (Lipinski definition) is 4. The van der Waals surface area contributed by atoms with E-state index in [1.165, 1.54) is 0 Å². The number of carbonyl (C=O) groups is 2. The summed E-state index contributed by atoms with van der Waals surface area (Å²) < 4.78 is 0. The monoisotopic (exact) mass is 190 g/mol. The van der Waals surface area contributed by atoms with E-state index in [1.807, 2.05) is 18.2 Å². The van der Waals surface area contributed by atoms with E-state index in [2.05, 4.69) is 5.32 Å². The molecule has 2 unspecified atom stereocenters. The van der Waals surface area contributed by atoms with Gasteiger partial charge in [-0.1, -0.05) is 24.3 Å². The number of hydrogen-bond donors (Lipinski definition) is 2. The van der Waals surface area contributed by atoms with Crippen molar-refractivity contribution >= 4 is 12.1 Å². The van der Waals surface area contributed by atoms with E-state index in [9.17, 15) is 9.59 Å². The van der Waals surface area contributed by atoms with E-state index in [1.54, 1.807) is 6.07 Å². The number of ketones is 1. The quantitative estimate of drug-likeness (QED) is 0.511. The van der Waals surface area contributed by atoms with Gasteiger partial charge in [0.15, 0.2) is 6.29 Å². The molecule has 0 saturated heterocycles. The second kappa shape index (κ2) is 3.32. The molecule has 1 aromatic rings. The molecule has 0 bridgehead atoms. The Bertz CT molecular complexity index is 389. The first kappa shape index (κ1) is 9.05. The van der Waals surface area contributed by atoms with E-state index >= 15 is 0 Å². The first-order valence-electron chi connectivity index (χ1n) is 4.33. The van der Waals surface area contributed by atoms with Crippen molar-refractivity contribution in [1.82, 2.24) is 5.32 Å². The highest BCUT2D eigenvalue weighted by Crippen LogP contribution is 2.29. The maximum absolute atomic E-state index is 11.2. The van der Waals surface area contributed by atoms with Gasteiger partial charge in [0.1, 0.15) is 6.04 Å². The van der Waals surface area contributed by atoms with Crippen LogP contribution in [-0.4, -0.2) is 12.1 Å². The number of nitrogens with two attached hydrogens (primary N) is 1. The Morgan fingerprint density at radius 3 is 2.64 bits per heavy atom. The van der Waals surface area contributed by atoms with Gasteiger partial charge >= 0.3 is 0 Å². The number of Topliss-reactive ketones (excluding diaryl/α,β-unsaturated/α-hetero) is 1. The molecule has 0 amide bonds. The average Bonchev–Trinajstić information content (AvgIpc) is 2.56. The van der Waals surface area contributed by atoms with Crippen LogP contribution in [0.25, 0.3) is 0 Å². The number of carbonyl (C=O) groups excluding carboxylic acids is 2. The van der Waals surface area contributed by atoms with Crippen LogP contribution in [0.1, 0.15) is 23.3 Å². The van der Waals surface area contributed by atoms with E-state index < -0.39 is 11.8 Å². The van der Waals surface area contributed by atoms with Crippen LogP contribution in [0.3, 0.4) is 0 Å². The van der Waals surface area contributed by atoms with Crippen molar-refractivity contribution in [2.75, 3.05) is 0 Å². The Labute approximate surface area is 81.1 Å². The SMILES string of the molecule is NC1NC(C(=O)C=O)c2ccccc21. The van der Waals surface area contributed by atoms with Gasteiger partial charge in [-0.3, -0.25) is 14.9 Å². The molecular formula is C10H10N2O2. The van der Waals surface area contributed by atoms with Gasteiger partial charge in [-0.15, -0.1) is 0 Å². The Kier molecular flexibility index (Phi) is 2.15. The molecule has 0 fully saturated rings. The fourth-order valence-corrected chi connectivity index (χ4v) is 1.72. The second-order valence-electron chi connectivity index (χ2n) is 3.23. The van der Waals surface area contributed by atoms with Gasteiger partial charge in [-0.05, 0) is 11.1 Å². The molecule has 4 heteroatoms. The minimum Gasteiger partial charge on any atom is -0.312 e. The van der Waals surface area contributed by atoms with Crippen LogP contribution in [0.4, 0.5) is 0 Å². The highest BCUT2D eigenvalue weighted by Gasteiger charge is 2.31. The first-order chi connectivity index (χ1) is 6.74. The fraction of sp³-hybridized carbons (Fsp3) is 0.200. The van der Waals surface area contributed by atoms with Crippen LogP contribution in [0.15, 0.2) is 24.3 Å². The van der Waals surface area contributed by atoms with Crippen LogP contribution in [-0.2, 0) is 9.59 Å². The Morgan fingerprint density at radius 2 is 2.00 bits per heavy atom. The lowest BCUT2D eigenvalue weighted by molar-refractivity contribution is -0.131. The summed E-state index contributed by atoms with van der Waals surface area (Å²) in [7, 11) is 0. The molecule has 1 aliphatic rings. The predicted molar refractivity (Wildman–Crippen MR) is 50.3 cm³/mol. The largest absolute Gasteiger partial charge is 0.312 e. The highest BCUT2D eigenvalue weighted by atomic mass is 16.2. The van der Waals surface area contributed by atoms with Crippen molar-refractivity contribution in [3.63, 3.8) is 0 Å². The normalized spacial score (nSPS) is 24.4. The van der Waals surface area contributed by atoms with E-state index in [0.717, 1.165) is 11.1 Å². The molecule has 4 nitrogen and oxygen atoms in total. The summed E-state index contributed by atoms with van der Waals surface area (Å²) in [4.78, 5) is 21.6.